The molecule has 1 aliphatic rings. The minimum atomic E-state index is -4.66. The molecule has 0 saturated carbocycles. The largest absolute Gasteiger partial charge is 0.490 e. The molecule has 1 heterocycles. The molecule has 1 aliphatic heterocycles. The van der Waals surface area contributed by atoms with Crippen LogP contribution in [0.5, 0.6) is 17.2 Å². The summed E-state index contributed by atoms with van der Waals surface area (Å²) < 4.78 is 62.6. The van der Waals surface area contributed by atoms with Gasteiger partial charge >= 0.3 is 12.1 Å². The van der Waals surface area contributed by atoms with Crippen molar-refractivity contribution in [2.75, 3.05) is 13.2 Å². The Labute approximate surface area is 211 Å². The summed E-state index contributed by atoms with van der Waals surface area (Å²) in [5.74, 6) is -0.973. The molecule has 0 bridgehead atoms. The summed E-state index contributed by atoms with van der Waals surface area (Å²) >= 11 is 6.19. The van der Waals surface area contributed by atoms with E-state index in [4.69, 9.17) is 30.5 Å². The second kappa shape index (κ2) is 10.5. The van der Waals surface area contributed by atoms with Crippen LogP contribution in [-0.2, 0) is 9.53 Å². The van der Waals surface area contributed by atoms with Gasteiger partial charge in [0.25, 0.3) is 0 Å². The Kier molecular flexibility index (Phi) is 8.03. The van der Waals surface area contributed by atoms with Crippen LogP contribution in [0.15, 0.2) is 36.4 Å². The second-order valence-corrected chi connectivity index (χ2v) is 9.23. The third-order valence-corrected chi connectivity index (χ3v) is 6.05. The smallest absolute Gasteiger partial charge is 0.449 e. The molecule has 196 valence electrons. The molecule has 3 rings (SSSR count). The van der Waals surface area contributed by atoms with E-state index in [1.165, 1.54) is 26.0 Å². The summed E-state index contributed by atoms with van der Waals surface area (Å²) in [5, 5.41) is 9.69. The van der Waals surface area contributed by atoms with Crippen molar-refractivity contribution >= 4 is 29.4 Å². The molecule has 0 radical (unpaired) electrons. The maximum absolute atomic E-state index is 13.5. The number of fused-ring (bicyclic) bond motifs is 1. The monoisotopic (exact) mass is 528 g/mol. The number of alkyl halides is 3. The number of aliphatic carboxylic acids is 1. The van der Waals surface area contributed by atoms with Crippen molar-refractivity contribution in [2.24, 2.45) is 0 Å². The summed E-state index contributed by atoms with van der Waals surface area (Å²) in [4.78, 5) is 11.6. The van der Waals surface area contributed by atoms with Gasteiger partial charge in [-0.25, -0.2) is 4.79 Å². The number of hydrogen-bond donors (Lipinski definition) is 1. The molecule has 0 amide bonds. The van der Waals surface area contributed by atoms with Crippen LogP contribution in [0.25, 0.3) is 11.8 Å². The number of benzene rings is 2. The lowest BCUT2D eigenvalue weighted by atomic mass is 9.97. The molecule has 0 aliphatic carbocycles. The Morgan fingerprint density at radius 2 is 1.61 bits per heavy atom. The Bertz CT molecular complexity index is 1220. The highest BCUT2D eigenvalue weighted by Gasteiger charge is 2.41. The van der Waals surface area contributed by atoms with E-state index in [2.05, 4.69) is 0 Å². The predicted molar refractivity (Wildman–Crippen MR) is 129 cm³/mol. The molecule has 36 heavy (non-hydrogen) atoms. The van der Waals surface area contributed by atoms with Gasteiger partial charge in [-0.2, -0.15) is 13.2 Å². The molecular formula is C26H28ClF3O6. The Morgan fingerprint density at radius 3 is 2.17 bits per heavy atom. The Morgan fingerprint density at radius 1 is 1.03 bits per heavy atom. The average Bonchev–Trinajstić information content (AvgIpc) is 2.80. The third kappa shape index (κ3) is 6.19. The van der Waals surface area contributed by atoms with Gasteiger partial charge in [0.1, 0.15) is 36.1 Å². The zero-order valence-corrected chi connectivity index (χ0v) is 21.1. The molecule has 1 N–H and O–H groups in total. The van der Waals surface area contributed by atoms with Crippen LogP contribution in [0.1, 0.15) is 40.5 Å². The van der Waals surface area contributed by atoms with E-state index in [1.54, 1.807) is 44.2 Å². The zero-order valence-electron chi connectivity index (χ0n) is 20.4. The maximum Gasteiger partial charge on any atom is 0.449 e. The van der Waals surface area contributed by atoms with Gasteiger partial charge in [-0.1, -0.05) is 25.4 Å². The summed E-state index contributed by atoms with van der Waals surface area (Å²) in [6.45, 7) is 6.80. The lowest BCUT2D eigenvalue weighted by Gasteiger charge is -2.29. The van der Waals surface area contributed by atoms with E-state index >= 15 is 0 Å². The van der Waals surface area contributed by atoms with E-state index in [1.807, 2.05) is 0 Å². The SMILES string of the molecule is CCC(CC)(Oc1ccc(OCCOc2cc3c(cc2Cl)=C(C(F)(F)F)OC(C)(C)C=3)cc1)C(=O)O. The number of hydrogen-bond acceptors (Lipinski definition) is 5. The molecule has 0 unspecified atom stereocenters. The molecule has 0 spiro atoms. The first-order valence-electron chi connectivity index (χ1n) is 11.4. The fourth-order valence-electron chi connectivity index (χ4n) is 3.81. The van der Waals surface area contributed by atoms with Gasteiger partial charge in [0, 0.05) is 5.22 Å². The van der Waals surface area contributed by atoms with Crippen LogP contribution < -0.4 is 24.6 Å². The molecule has 2 aromatic carbocycles. The molecule has 0 saturated heterocycles. The first-order chi connectivity index (χ1) is 16.8. The fourth-order valence-corrected chi connectivity index (χ4v) is 4.03. The number of ether oxygens (including phenoxy) is 4. The van der Waals surface area contributed by atoms with Crippen molar-refractivity contribution in [1.29, 1.82) is 0 Å². The van der Waals surface area contributed by atoms with Gasteiger partial charge in [0.05, 0.1) is 5.02 Å². The minimum absolute atomic E-state index is 0.0162. The summed E-state index contributed by atoms with van der Waals surface area (Å²) in [6, 6.07) is 9.16. The molecule has 6 nitrogen and oxygen atoms in total. The lowest BCUT2D eigenvalue weighted by molar-refractivity contribution is -0.156. The van der Waals surface area contributed by atoms with Crippen molar-refractivity contribution in [3.63, 3.8) is 0 Å². The van der Waals surface area contributed by atoms with Crippen molar-refractivity contribution in [1.82, 2.24) is 0 Å². The van der Waals surface area contributed by atoms with E-state index in [-0.39, 0.29) is 29.2 Å². The standard InChI is InChI=1S/C26H28ClF3O6/c1-5-25(6-2,23(31)32)35-18-9-7-17(8-10-18)33-11-12-34-21-13-16-15-24(3,4)36-22(26(28,29)30)19(16)14-20(21)27/h7-10,13-15H,5-6,11-12H2,1-4H3,(H,31,32). The third-order valence-electron chi connectivity index (χ3n) is 5.75. The van der Waals surface area contributed by atoms with Crippen LogP contribution in [0.3, 0.4) is 0 Å². The van der Waals surface area contributed by atoms with Crippen molar-refractivity contribution < 1.29 is 42.0 Å². The Hall–Kier alpha value is -3.07. The summed E-state index contributed by atoms with van der Waals surface area (Å²) in [6.07, 6.45) is -2.45. The summed E-state index contributed by atoms with van der Waals surface area (Å²) in [7, 11) is 0. The van der Waals surface area contributed by atoms with E-state index < -0.39 is 29.1 Å². The number of rotatable bonds is 10. The highest BCUT2D eigenvalue weighted by molar-refractivity contribution is 6.32. The average molecular weight is 529 g/mol. The maximum atomic E-state index is 13.5. The van der Waals surface area contributed by atoms with Crippen molar-refractivity contribution in [2.45, 2.75) is 57.9 Å². The van der Waals surface area contributed by atoms with Gasteiger partial charge in [-0.15, -0.1) is 0 Å². The zero-order chi connectivity index (χ0) is 26.7. The predicted octanol–water partition coefficient (Wildman–Crippen LogP) is 5.08. The highest BCUT2D eigenvalue weighted by Crippen LogP contribution is 2.33. The highest BCUT2D eigenvalue weighted by atomic mass is 35.5. The normalized spacial score (nSPS) is 14.8. The number of halogens is 4. The molecule has 0 atom stereocenters. The van der Waals surface area contributed by atoms with Gasteiger partial charge in [0.2, 0.25) is 11.4 Å². The van der Waals surface area contributed by atoms with Gasteiger partial charge < -0.3 is 24.1 Å². The van der Waals surface area contributed by atoms with Gasteiger partial charge in [0.15, 0.2) is 0 Å². The van der Waals surface area contributed by atoms with Crippen LogP contribution >= 0.6 is 11.6 Å². The van der Waals surface area contributed by atoms with Crippen LogP contribution in [0.2, 0.25) is 5.02 Å². The molecule has 2 aromatic rings. The topological polar surface area (TPSA) is 74.2 Å². The van der Waals surface area contributed by atoms with Crippen LogP contribution in [0.4, 0.5) is 13.2 Å². The Balaban J connectivity index is 1.66. The lowest BCUT2D eigenvalue weighted by Crippen LogP contribution is -2.43. The number of carboxylic acid groups (broad SMARTS) is 1. The number of carbonyl (C=O) groups is 1. The molecule has 0 fully saturated rings. The first-order valence-corrected chi connectivity index (χ1v) is 11.8. The molecular weight excluding hydrogens is 501 g/mol. The fraction of sp³-hybridized carbons (Fsp3) is 0.423. The van der Waals surface area contributed by atoms with E-state index in [0.717, 1.165) is 0 Å². The van der Waals surface area contributed by atoms with Gasteiger partial charge in [-0.05, 0) is 74.4 Å². The molecule has 10 heteroatoms. The van der Waals surface area contributed by atoms with Crippen LogP contribution in [-0.4, -0.2) is 41.7 Å². The van der Waals surface area contributed by atoms with Crippen molar-refractivity contribution in [3.05, 3.63) is 51.9 Å². The quantitative estimate of drug-likeness (QED) is 0.434. The minimum Gasteiger partial charge on any atom is -0.490 e. The second-order valence-electron chi connectivity index (χ2n) is 8.82. The first kappa shape index (κ1) is 27.5. The van der Waals surface area contributed by atoms with E-state index in [0.29, 0.717) is 29.6 Å². The van der Waals surface area contributed by atoms with Gasteiger partial charge in [-0.3, -0.25) is 0 Å². The van der Waals surface area contributed by atoms with Crippen molar-refractivity contribution in [3.8, 4) is 17.2 Å². The summed E-state index contributed by atoms with van der Waals surface area (Å²) in [5.41, 5.74) is -2.44. The molecule has 0 aromatic heterocycles. The number of carboxylic acids is 1. The van der Waals surface area contributed by atoms with E-state index in [9.17, 15) is 23.1 Å². The van der Waals surface area contributed by atoms with Crippen LogP contribution in [0, 0.1) is 0 Å².